The number of carbonyl (C=O) groups is 4. The Balaban J connectivity index is 1.56. The van der Waals surface area contributed by atoms with Crippen molar-refractivity contribution in [1.29, 1.82) is 5.26 Å². The zero-order valence-electron chi connectivity index (χ0n) is 23.7. The zero-order chi connectivity index (χ0) is 29.2. The van der Waals surface area contributed by atoms with Gasteiger partial charge in [-0.15, -0.1) is 0 Å². The monoisotopic (exact) mass is 543 g/mol. The van der Waals surface area contributed by atoms with E-state index in [0.29, 0.717) is 5.69 Å². The van der Waals surface area contributed by atoms with Crippen molar-refractivity contribution in [3.63, 3.8) is 0 Å². The van der Waals surface area contributed by atoms with Crippen molar-refractivity contribution in [3.05, 3.63) is 65.7 Å². The van der Waals surface area contributed by atoms with Crippen molar-refractivity contribution in [2.75, 3.05) is 11.9 Å². The minimum absolute atomic E-state index is 0.0129. The van der Waals surface area contributed by atoms with Gasteiger partial charge in [0, 0.05) is 18.7 Å². The average molecular weight is 544 g/mol. The van der Waals surface area contributed by atoms with Crippen molar-refractivity contribution in [1.82, 2.24) is 15.5 Å². The number of fused-ring (bicyclic) bond motifs is 2. The predicted molar refractivity (Wildman–Crippen MR) is 151 cm³/mol. The number of likely N-dealkylation sites (tertiary alicyclic amines) is 1. The fourth-order valence-electron chi connectivity index (χ4n) is 5.72. The summed E-state index contributed by atoms with van der Waals surface area (Å²) in [5.41, 5.74) is 0.876. The van der Waals surface area contributed by atoms with Crippen molar-refractivity contribution >= 4 is 29.3 Å². The molecule has 2 aliphatic heterocycles. The van der Waals surface area contributed by atoms with Crippen LogP contribution in [0.5, 0.6) is 0 Å². The molecular weight excluding hydrogens is 506 g/mol. The third-order valence-corrected chi connectivity index (χ3v) is 7.65. The highest BCUT2D eigenvalue weighted by Crippen LogP contribution is 2.46. The van der Waals surface area contributed by atoms with E-state index in [9.17, 15) is 24.4 Å². The lowest BCUT2D eigenvalue weighted by atomic mass is 9.80. The Hall–Kier alpha value is -4.19. The van der Waals surface area contributed by atoms with Gasteiger partial charge in [-0.2, -0.15) is 5.26 Å². The molecule has 1 spiro atoms. The molecule has 4 rings (SSSR count). The lowest BCUT2D eigenvalue weighted by molar-refractivity contribution is -0.143. The van der Waals surface area contributed by atoms with Gasteiger partial charge >= 0.3 is 11.8 Å². The highest BCUT2D eigenvalue weighted by molar-refractivity contribution is 6.35. The highest BCUT2D eigenvalue weighted by Gasteiger charge is 2.56. The minimum atomic E-state index is -1.06. The molecule has 1 unspecified atom stereocenters. The maximum absolute atomic E-state index is 14.0. The van der Waals surface area contributed by atoms with Crippen LogP contribution in [0, 0.1) is 22.7 Å². The van der Waals surface area contributed by atoms with Crippen LogP contribution in [-0.4, -0.2) is 47.2 Å². The summed E-state index contributed by atoms with van der Waals surface area (Å²) >= 11 is 0. The first-order chi connectivity index (χ1) is 18.9. The molecule has 40 heavy (non-hydrogen) atoms. The molecule has 3 N–H and O–H groups in total. The number of anilines is 1. The summed E-state index contributed by atoms with van der Waals surface area (Å²) in [6.45, 7) is 9.70. The Kier molecular flexibility index (Phi) is 8.01. The molecule has 0 saturated carbocycles. The van der Waals surface area contributed by atoms with Crippen LogP contribution in [-0.2, 0) is 24.6 Å². The largest absolute Gasteiger partial charge is 0.341 e. The predicted octanol–water partition coefficient (Wildman–Crippen LogP) is 3.44. The van der Waals surface area contributed by atoms with Crippen molar-refractivity contribution in [2.24, 2.45) is 11.3 Å². The summed E-state index contributed by atoms with van der Waals surface area (Å²) in [7, 11) is 0. The van der Waals surface area contributed by atoms with E-state index < -0.39 is 41.3 Å². The smallest absolute Gasteiger partial charge is 0.309 e. The molecular formula is C31H37N5O4. The summed E-state index contributed by atoms with van der Waals surface area (Å²) < 4.78 is 0. The van der Waals surface area contributed by atoms with Gasteiger partial charge in [0.25, 0.3) is 0 Å². The van der Waals surface area contributed by atoms with Gasteiger partial charge in [0.1, 0.15) is 12.1 Å². The number of carbonyl (C=O) groups excluding carboxylic acids is 4. The molecule has 4 atom stereocenters. The number of amides is 4. The standard InChI is InChI=1S/C31H37N5O4/c1-19(2)25(20-11-7-6-8-12-20)35-27(38)26(37)33-24(16-30(3,4)5)28(39)36-18-31(15-21(36)17-32)22-13-9-10-14-23(22)34-29(31)40/h6-14,19,21,24-25H,15-16,18H2,1-5H3,(H,33,37)(H,34,40)(H,35,38)/t21?,24-,25-,31-/m0/s1. The lowest BCUT2D eigenvalue weighted by Crippen LogP contribution is -2.54. The van der Waals surface area contributed by atoms with E-state index in [1.54, 1.807) is 6.07 Å². The molecule has 2 aromatic rings. The number of benzene rings is 2. The SMILES string of the molecule is CC(C)[C@H](NC(=O)C(=O)N[C@@H](CC(C)(C)C)C(=O)N1C[C@]2(CC1C#N)C(=O)Nc1ccccc12)c1ccccc1. The molecule has 1 saturated heterocycles. The maximum atomic E-state index is 14.0. The Labute approximate surface area is 235 Å². The third-order valence-electron chi connectivity index (χ3n) is 7.65. The number of hydrogen-bond acceptors (Lipinski definition) is 5. The fraction of sp³-hybridized carbons (Fsp3) is 0.452. The van der Waals surface area contributed by atoms with Crippen LogP contribution in [0.1, 0.15) is 64.6 Å². The first kappa shape index (κ1) is 28.8. The number of nitrogens with one attached hydrogen (secondary N) is 3. The van der Waals surface area contributed by atoms with Gasteiger partial charge in [0.05, 0.1) is 17.5 Å². The number of para-hydroxylation sites is 1. The van der Waals surface area contributed by atoms with E-state index >= 15 is 0 Å². The second kappa shape index (κ2) is 11.1. The first-order valence-corrected chi connectivity index (χ1v) is 13.6. The van der Waals surface area contributed by atoms with Gasteiger partial charge in [-0.05, 0) is 34.9 Å². The van der Waals surface area contributed by atoms with Crippen LogP contribution in [0.4, 0.5) is 5.69 Å². The summed E-state index contributed by atoms with van der Waals surface area (Å²) in [4.78, 5) is 54.7. The van der Waals surface area contributed by atoms with Gasteiger partial charge < -0.3 is 20.9 Å². The third kappa shape index (κ3) is 5.71. The number of nitrogens with zero attached hydrogens (tertiary/aromatic N) is 2. The van der Waals surface area contributed by atoms with Gasteiger partial charge in [-0.25, -0.2) is 0 Å². The van der Waals surface area contributed by atoms with Crippen LogP contribution in [0.3, 0.4) is 0 Å². The van der Waals surface area contributed by atoms with E-state index in [1.165, 1.54) is 4.90 Å². The van der Waals surface area contributed by atoms with Crippen molar-refractivity contribution in [3.8, 4) is 6.07 Å². The van der Waals surface area contributed by atoms with Crippen LogP contribution in [0.25, 0.3) is 0 Å². The molecule has 9 nitrogen and oxygen atoms in total. The van der Waals surface area contributed by atoms with Crippen LogP contribution >= 0.6 is 0 Å². The molecule has 0 aromatic heterocycles. The zero-order valence-corrected chi connectivity index (χ0v) is 23.7. The lowest BCUT2D eigenvalue weighted by Gasteiger charge is -2.31. The minimum Gasteiger partial charge on any atom is -0.341 e. The molecule has 2 aromatic carbocycles. The molecule has 2 aliphatic rings. The summed E-state index contributed by atoms with van der Waals surface area (Å²) in [6, 6.07) is 16.5. The van der Waals surface area contributed by atoms with Gasteiger partial charge in [0.2, 0.25) is 11.8 Å². The van der Waals surface area contributed by atoms with E-state index in [4.69, 9.17) is 0 Å². The molecule has 0 aliphatic carbocycles. The molecule has 0 bridgehead atoms. The van der Waals surface area contributed by atoms with Crippen molar-refractivity contribution < 1.29 is 19.2 Å². The van der Waals surface area contributed by atoms with E-state index in [0.717, 1.165) is 11.1 Å². The number of nitriles is 1. The second-order valence-corrected chi connectivity index (χ2v) is 12.3. The normalized spacial score (nSPS) is 21.4. The molecule has 4 amide bonds. The summed E-state index contributed by atoms with van der Waals surface area (Å²) in [5.74, 6) is -2.48. The van der Waals surface area contributed by atoms with E-state index in [1.807, 2.05) is 83.1 Å². The molecule has 0 radical (unpaired) electrons. The Bertz CT molecular complexity index is 1340. The Morgan fingerprint density at radius 2 is 1.68 bits per heavy atom. The summed E-state index contributed by atoms with van der Waals surface area (Å²) in [6.07, 6.45) is 0.392. The quantitative estimate of drug-likeness (QED) is 0.481. The summed E-state index contributed by atoms with van der Waals surface area (Å²) in [5, 5.41) is 18.3. The Morgan fingerprint density at radius 3 is 2.30 bits per heavy atom. The average Bonchev–Trinajstić information content (AvgIpc) is 3.43. The molecule has 210 valence electrons. The molecule has 2 heterocycles. The fourth-order valence-corrected chi connectivity index (χ4v) is 5.72. The first-order valence-electron chi connectivity index (χ1n) is 13.6. The van der Waals surface area contributed by atoms with Crippen molar-refractivity contribution in [2.45, 2.75) is 71.0 Å². The topological polar surface area (TPSA) is 131 Å². The van der Waals surface area contributed by atoms with Gasteiger partial charge in [0.15, 0.2) is 0 Å². The van der Waals surface area contributed by atoms with E-state index in [-0.39, 0.29) is 36.6 Å². The van der Waals surface area contributed by atoms with E-state index in [2.05, 4.69) is 22.0 Å². The molecule has 9 heteroatoms. The second-order valence-electron chi connectivity index (χ2n) is 12.3. The van der Waals surface area contributed by atoms with Gasteiger partial charge in [-0.3, -0.25) is 19.2 Å². The number of rotatable bonds is 6. The van der Waals surface area contributed by atoms with Gasteiger partial charge in [-0.1, -0.05) is 83.1 Å². The molecule has 1 fully saturated rings. The van der Waals surface area contributed by atoms with Crippen LogP contribution < -0.4 is 16.0 Å². The highest BCUT2D eigenvalue weighted by atomic mass is 16.2. The maximum Gasteiger partial charge on any atom is 0.309 e. The van der Waals surface area contributed by atoms with Crippen LogP contribution in [0.15, 0.2) is 54.6 Å². The number of hydrogen-bond donors (Lipinski definition) is 3. The van der Waals surface area contributed by atoms with Crippen LogP contribution in [0.2, 0.25) is 0 Å². The Morgan fingerprint density at radius 1 is 1.05 bits per heavy atom.